The molecule has 0 amide bonds. The van der Waals surface area contributed by atoms with Gasteiger partial charge in [-0.25, -0.2) is 4.98 Å². The number of piperidine rings is 1. The molecule has 0 aromatic carbocycles. The smallest absolute Gasteiger partial charge is 0.137 e. The van der Waals surface area contributed by atoms with Gasteiger partial charge in [0.1, 0.15) is 5.65 Å². The van der Waals surface area contributed by atoms with Crippen molar-refractivity contribution in [3.05, 3.63) is 36.3 Å². The molecule has 0 spiro atoms. The van der Waals surface area contributed by atoms with Crippen molar-refractivity contribution in [2.75, 3.05) is 26.7 Å². The molecule has 1 fully saturated rings. The highest BCUT2D eigenvalue weighted by Gasteiger charge is 2.19. The van der Waals surface area contributed by atoms with E-state index in [4.69, 9.17) is 0 Å². The fourth-order valence-electron chi connectivity index (χ4n) is 3.07. The van der Waals surface area contributed by atoms with Gasteiger partial charge in [-0.3, -0.25) is 4.90 Å². The Balaban J connectivity index is 1.54. The summed E-state index contributed by atoms with van der Waals surface area (Å²) < 4.78 is 2.11. The Labute approximate surface area is 120 Å². The monoisotopic (exact) mass is 272 g/mol. The van der Waals surface area contributed by atoms with E-state index in [2.05, 4.69) is 38.1 Å². The number of hydrogen-bond donors (Lipinski definition) is 1. The van der Waals surface area contributed by atoms with Gasteiger partial charge >= 0.3 is 0 Å². The van der Waals surface area contributed by atoms with Crippen molar-refractivity contribution < 1.29 is 0 Å². The minimum atomic E-state index is 0.903. The zero-order valence-corrected chi connectivity index (χ0v) is 12.3. The summed E-state index contributed by atoms with van der Waals surface area (Å²) in [6, 6.07) is 6.15. The Morgan fingerprint density at radius 1 is 1.30 bits per heavy atom. The molecule has 0 aliphatic carbocycles. The van der Waals surface area contributed by atoms with Crippen LogP contribution in [0.2, 0.25) is 0 Å². The van der Waals surface area contributed by atoms with E-state index in [0.29, 0.717) is 0 Å². The van der Waals surface area contributed by atoms with E-state index >= 15 is 0 Å². The average molecular weight is 272 g/mol. The summed E-state index contributed by atoms with van der Waals surface area (Å²) in [6.07, 6.45) is 8.20. The van der Waals surface area contributed by atoms with E-state index in [1.54, 1.807) is 0 Å². The van der Waals surface area contributed by atoms with Crippen molar-refractivity contribution in [1.29, 1.82) is 0 Å². The normalized spacial score (nSPS) is 17.9. The van der Waals surface area contributed by atoms with Gasteiger partial charge < -0.3 is 9.72 Å². The fourth-order valence-corrected chi connectivity index (χ4v) is 3.07. The highest BCUT2D eigenvalue weighted by molar-refractivity contribution is 5.39. The molecule has 3 rings (SSSR count). The van der Waals surface area contributed by atoms with Gasteiger partial charge in [-0.05, 0) is 64.0 Å². The maximum Gasteiger partial charge on any atom is 0.137 e. The van der Waals surface area contributed by atoms with Crippen molar-refractivity contribution in [2.24, 2.45) is 5.92 Å². The number of likely N-dealkylation sites (tertiary alicyclic amines) is 1. The van der Waals surface area contributed by atoms with Gasteiger partial charge in [0.15, 0.2) is 0 Å². The summed E-state index contributed by atoms with van der Waals surface area (Å²) in [5, 5.41) is 3.25. The van der Waals surface area contributed by atoms with E-state index in [1.165, 1.54) is 38.0 Å². The van der Waals surface area contributed by atoms with Crippen molar-refractivity contribution in [1.82, 2.24) is 19.6 Å². The van der Waals surface area contributed by atoms with Crippen LogP contribution in [-0.4, -0.2) is 41.0 Å². The minimum Gasteiger partial charge on any atom is -0.320 e. The SMILES string of the molecule is CNCCC1CCN(Cc2cn3ccccc3n2)CC1. The highest BCUT2D eigenvalue weighted by Crippen LogP contribution is 2.21. The topological polar surface area (TPSA) is 32.6 Å². The Hall–Kier alpha value is -1.39. The zero-order chi connectivity index (χ0) is 13.8. The first-order chi connectivity index (χ1) is 9.85. The molecule has 1 N–H and O–H groups in total. The van der Waals surface area contributed by atoms with Crippen LogP contribution in [0.4, 0.5) is 0 Å². The molecular formula is C16H24N4. The molecule has 1 aliphatic rings. The molecule has 20 heavy (non-hydrogen) atoms. The first kappa shape index (κ1) is 13.6. The second-order valence-electron chi connectivity index (χ2n) is 5.81. The van der Waals surface area contributed by atoms with Gasteiger partial charge in [0.2, 0.25) is 0 Å². The minimum absolute atomic E-state index is 0.903. The average Bonchev–Trinajstić information content (AvgIpc) is 2.89. The number of imidazole rings is 1. The second kappa shape index (κ2) is 6.37. The fraction of sp³-hybridized carbons (Fsp3) is 0.562. The first-order valence-corrected chi connectivity index (χ1v) is 7.65. The molecule has 3 heterocycles. The van der Waals surface area contributed by atoms with Crippen molar-refractivity contribution in [2.45, 2.75) is 25.8 Å². The Morgan fingerprint density at radius 2 is 2.15 bits per heavy atom. The summed E-state index contributed by atoms with van der Waals surface area (Å²) in [5.41, 5.74) is 2.23. The molecular weight excluding hydrogens is 248 g/mol. The molecule has 0 radical (unpaired) electrons. The predicted molar refractivity (Wildman–Crippen MR) is 81.7 cm³/mol. The molecule has 4 nitrogen and oxygen atoms in total. The summed E-state index contributed by atoms with van der Waals surface area (Å²) in [6.45, 7) is 4.56. The van der Waals surface area contributed by atoms with Crippen LogP contribution in [0, 0.1) is 5.92 Å². The maximum atomic E-state index is 4.69. The van der Waals surface area contributed by atoms with Gasteiger partial charge in [-0.2, -0.15) is 0 Å². The van der Waals surface area contributed by atoms with Crippen LogP contribution in [0.15, 0.2) is 30.6 Å². The number of aromatic nitrogens is 2. The molecule has 4 heteroatoms. The van der Waals surface area contributed by atoms with Crippen LogP contribution in [0.1, 0.15) is 25.0 Å². The Bertz CT molecular complexity index is 507. The van der Waals surface area contributed by atoms with Crippen LogP contribution in [0.5, 0.6) is 0 Å². The van der Waals surface area contributed by atoms with Gasteiger partial charge in [0.05, 0.1) is 5.69 Å². The lowest BCUT2D eigenvalue weighted by atomic mass is 9.93. The van der Waals surface area contributed by atoms with E-state index in [1.807, 2.05) is 19.2 Å². The second-order valence-corrected chi connectivity index (χ2v) is 5.81. The van der Waals surface area contributed by atoms with E-state index in [-0.39, 0.29) is 0 Å². The van der Waals surface area contributed by atoms with Gasteiger partial charge in [0.25, 0.3) is 0 Å². The molecule has 2 aromatic rings. The van der Waals surface area contributed by atoms with Crippen LogP contribution in [-0.2, 0) is 6.54 Å². The number of hydrogen-bond acceptors (Lipinski definition) is 3. The summed E-state index contributed by atoms with van der Waals surface area (Å²) in [4.78, 5) is 7.23. The Kier molecular flexibility index (Phi) is 4.33. The van der Waals surface area contributed by atoms with Crippen molar-refractivity contribution in [3.8, 4) is 0 Å². The Morgan fingerprint density at radius 3 is 2.90 bits per heavy atom. The number of nitrogens with one attached hydrogen (secondary N) is 1. The lowest BCUT2D eigenvalue weighted by Gasteiger charge is -2.31. The van der Waals surface area contributed by atoms with Crippen LogP contribution < -0.4 is 5.32 Å². The highest BCUT2D eigenvalue weighted by atomic mass is 15.1. The van der Waals surface area contributed by atoms with Crippen LogP contribution >= 0.6 is 0 Å². The number of rotatable bonds is 5. The zero-order valence-electron chi connectivity index (χ0n) is 12.3. The maximum absolute atomic E-state index is 4.69. The quantitative estimate of drug-likeness (QED) is 0.905. The molecule has 0 saturated carbocycles. The third kappa shape index (κ3) is 3.19. The summed E-state index contributed by atoms with van der Waals surface area (Å²) in [5.74, 6) is 0.903. The molecule has 2 aromatic heterocycles. The van der Waals surface area contributed by atoms with Crippen LogP contribution in [0.3, 0.4) is 0 Å². The largest absolute Gasteiger partial charge is 0.320 e. The van der Waals surface area contributed by atoms with E-state index < -0.39 is 0 Å². The third-order valence-corrected chi connectivity index (χ3v) is 4.31. The molecule has 0 bridgehead atoms. The number of fused-ring (bicyclic) bond motifs is 1. The third-order valence-electron chi connectivity index (χ3n) is 4.31. The molecule has 1 saturated heterocycles. The first-order valence-electron chi connectivity index (χ1n) is 7.65. The van der Waals surface area contributed by atoms with Crippen molar-refractivity contribution >= 4 is 5.65 Å². The summed E-state index contributed by atoms with van der Waals surface area (Å²) in [7, 11) is 2.04. The lowest BCUT2D eigenvalue weighted by molar-refractivity contribution is 0.171. The molecule has 0 atom stereocenters. The van der Waals surface area contributed by atoms with Gasteiger partial charge in [-0.15, -0.1) is 0 Å². The van der Waals surface area contributed by atoms with Crippen molar-refractivity contribution in [3.63, 3.8) is 0 Å². The van der Waals surface area contributed by atoms with Crippen LogP contribution in [0.25, 0.3) is 5.65 Å². The molecule has 1 aliphatic heterocycles. The van der Waals surface area contributed by atoms with Gasteiger partial charge in [0, 0.05) is 18.9 Å². The van der Waals surface area contributed by atoms with E-state index in [9.17, 15) is 0 Å². The number of pyridine rings is 1. The molecule has 0 unspecified atom stereocenters. The lowest BCUT2D eigenvalue weighted by Crippen LogP contribution is -2.34. The summed E-state index contributed by atoms with van der Waals surface area (Å²) >= 11 is 0. The molecule has 108 valence electrons. The van der Waals surface area contributed by atoms with Gasteiger partial charge in [-0.1, -0.05) is 6.07 Å². The predicted octanol–water partition coefficient (Wildman–Crippen LogP) is 2.16. The van der Waals surface area contributed by atoms with E-state index in [0.717, 1.165) is 24.7 Å². The number of nitrogens with zero attached hydrogens (tertiary/aromatic N) is 3. The standard InChI is InChI=1S/C16H24N4/c1-17-8-5-14-6-10-19(11-7-14)12-15-13-20-9-3-2-4-16(20)18-15/h2-4,9,13-14,17H,5-8,10-12H2,1H3.